The van der Waals surface area contributed by atoms with Gasteiger partial charge in [-0.25, -0.2) is 0 Å². The number of amides is 1. The van der Waals surface area contributed by atoms with E-state index in [1.54, 1.807) is 48.8 Å². The first-order valence-corrected chi connectivity index (χ1v) is 16.4. The Morgan fingerprint density at radius 2 is 1.67 bits per heavy atom. The molecular weight excluding hydrogens is 618 g/mol. The highest BCUT2D eigenvalue weighted by molar-refractivity contribution is 5.93. The first-order valence-electron chi connectivity index (χ1n) is 16.4. The van der Waals surface area contributed by atoms with Crippen LogP contribution in [0.5, 0.6) is 5.75 Å². The number of carbonyl (C=O) groups excluding carboxylic acids is 1. The molecule has 0 bridgehead atoms. The molecule has 252 valence electrons. The molecule has 1 aromatic heterocycles. The zero-order valence-corrected chi connectivity index (χ0v) is 27.4. The number of likely N-dealkylation sites (N-methyl/N-ethyl adjacent to an activating group) is 1. The van der Waals surface area contributed by atoms with Crippen molar-refractivity contribution < 1.29 is 29.6 Å². The molecule has 49 heavy (non-hydrogen) atoms. The fraction of sp³-hybridized carbons (Fsp3) is 0.250. The maximum Gasteiger partial charge on any atom is 0.253 e. The van der Waals surface area contributed by atoms with Crippen LogP contribution < -0.4 is 5.32 Å². The maximum atomic E-state index is 12.5. The lowest BCUT2D eigenvalue weighted by Gasteiger charge is -2.38. The lowest BCUT2D eigenvalue weighted by Crippen LogP contribution is -2.39. The molecule has 9 nitrogen and oxygen atoms in total. The minimum Gasteiger partial charge on any atom is -0.508 e. The number of phenolic OH excluding ortho intramolecular Hbond substituents is 1. The van der Waals surface area contributed by atoms with Gasteiger partial charge in [0.05, 0.1) is 30.5 Å². The number of aliphatic hydroxyl groups excluding tert-OH is 2. The lowest BCUT2D eigenvalue weighted by atomic mass is 9.98. The summed E-state index contributed by atoms with van der Waals surface area (Å²) in [5.74, 6) is -0.0518. The van der Waals surface area contributed by atoms with E-state index in [1.807, 2.05) is 78.7 Å². The average Bonchev–Trinajstić information content (AvgIpc) is 3.14. The molecule has 2 heterocycles. The summed E-state index contributed by atoms with van der Waals surface area (Å²) in [6, 6.07) is 34.1. The molecule has 1 amide bonds. The second-order valence-electron chi connectivity index (χ2n) is 12.4. The number of phenols is 1. The van der Waals surface area contributed by atoms with Gasteiger partial charge in [0.25, 0.3) is 5.91 Å². The van der Waals surface area contributed by atoms with Gasteiger partial charge in [-0.2, -0.15) is 0 Å². The quantitative estimate of drug-likeness (QED) is 0.127. The van der Waals surface area contributed by atoms with Gasteiger partial charge in [0.1, 0.15) is 5.75 Å². The monoisotopic (exact) mass is 659 g/mol. The predicted molar refractivity (Wildman–Crippen MR) is 186 cm³/mol. The lowest BCUT2D eigenvalue weighted by molar-refractivity contribution is -0.252. The summed E-state index contributed by atoms with van der Waals surface area (Å²) in [4.78, 5) is 18.5. The van der Waals surface area contributed by atoms with Gasteiger partial charge in [-0.1, -0.05) is 78.9 Å². The summed E-state index contributed by atoms with van der Waals surface area (Å²) in [7, 11) is 1.94. The van der Waals surface area contributed by atoms with Gasteiger partial charge in [-0.05, 0) is 70.8 Å². The van der Waals surface area contributed by atoms with Crippen LogP contribution >= 0.6 is 0 Å². The van der Waals surface area contributed by atoms with Crippen molar-refractivity contribution in [3.05, 3.63) is 155 Å². The number of rotatable bonds is 12. The van der Waals surface area contributed by atoms with Crippen LogP contribution in [0, 0.1) is 0 Å². The fourth-order valence-corrected chi connectivity index (χ4v) is 6.06. The standard InChI is InChI=1S/C40H41N3O6/c1-43(25-37(46)33-7-3-9-35(45)20-33)24-36-21-38(30-12-10-27(26-44)11-13-30)49-40(48-36)31-16-14-29(15-17-31)32-6-2-5-28(19-32)22-42-39(47)34-8-4-18-41-23-34/h2-20,23,36-38,40,44-46H,21-22,24-26H2,1H3,(H,42,47). The largest absolute Gasteiger partial charge is 0.508 e. The topological polar surface area (TPSA) is 124 Å². The van der Waals surface area contributed by atoms with E-state index in [0.717, 1.165) is 33.4 Å². The van der Waals surface area contributed by atoms with Crippen LogP contribution in [-0.2, 0) is 22.6 Å². The number of aromatic hydroxyl groups is 1. The highest BCUT2D eigenvalue weighted by Crippen LogP contribution is 2.39. The third-order valence-electron chi connectivity index (χ3n) is 8.69. The average molecular weight is 660 g/mol. The second-order valence-corrected chi connectivity index (χ2v) is 12.4. The van der Waals surface area contributed by atoms with E-state index in [-0.39, 0.29) is 30.5 Å². The number of hydrogen-bond donors (Lipinski definition) is 4. The van der Waals surface area contributed by atoms with Crippen LogP contribution in [0.4, 0.5) is 0 Å². The van der Waals surface area contributed by atoms with Gasteiger partial charge in [0, 0.05) is 44.0 Å². The number of nitrogens with zero attached hydrogens (tertiary/aromatic N) is 2. The molecule has 0 spiro atoms. The van der Waals surface area contributed by atoms with Crippen molar-refractivity contribution in [2.24, 2.45) is 0 Å². The summed E-state index contributed by atoms with van der Waals surface area (Å²) in [5.41, 5.74) is 6.92. The van der Waals surface area contributed by atoms with Crippen molar-refractivity contribution in [3.8, 4) is 16.9 Å². The maximum absolute atomic E-state index is 12.5. The number of aliphatic hydroxyl groups is 2. The minimum atomic E-state index is -0.766. The minimum absolute atomic E-state index is 0.0260. The van der Waals surface area contributed by atoms with Crippen LogP contribution in [-0.4, -0.2) is 57.4 Å². The first-order chi connectivity index (χ1) is 23.8. The van der Waals surface area contributed by atoms with Crippen molar-refractivity contribution >= 4 is 5.91 Å². The highest BCUT2D eigenvalue weighted by atomic mass is 16.7. The van der Waals surface area contributed by atoms with Crippen molar-refractivity contribution in [1.29, 1.82) is 0 Å². The number of hydrogen-bond acceptors (Lipinski definition) is 8. The molecule has 0 saturated carbocycles. The van der Waals surface area contributed by atoms with E-state index in [9.17, 15) is 20.1 Å². The first kappa shape index (κ1) is 34.0. The molecule has 4 N–H and O–H groups in total. The molecule has 4 atom stereocenters. The molecule has 5 aromatic rings. The Bertz CT molecular complexity index is 1820. The molecule has 1 fully saturated rings. The van der Waals surface area contributed by atoms with Crippen molar-refractivity contribution in [2.75, 3.05) is 20.1 Å². The second kappa shape index (κ2) is 16.0. The van der Waals surface area contributed by atoms with E-state index in [1.165, 1.54) is 0 Å². The number of ether oxygens (including phenoxy) is 2. The van der Waals surface area contributed by atoms with Crippen molar-refractivity contribution in [3.63, 3.8) is 0 Å². The molecule has 1 aliphatic heterocycles. The molecule has 1 aliphatic rings. The van der Waals surface area contributed by atoms with Crippen LogP contribution in [0.25, 0.3) is 11.1 Å². The highest BCUT2D eigenvalue weighted by Gasteiger charge is 2.33. The number of benzene rings is 4. The van der Waals surface area contributed by atoms with Crippen LogP contribution in [0.3, 0.4) is 0 Å². The molecule has 6 rings (SSSR count). The SMILES string of the molecule is CN(CC1CC(c2ccc(CO)cc2)OC(c2ccc(-c3cccc(CNC(=O)c4cccnc4)c3)cc2)O1)CC(O)c1cccc(O)c1. The van der Waals surface area contributed by atoms with Gasteiger partial charge in [0.2, 0.25) is 0 Å². The predicted octanol–water partition coefficient (Wildman–Crippen LogP) is 6.09. The van der Waals surface area contributed by atoms with Gasteiger partial charge in [-0.3, -0.25) is 9.78 Å². The third-order valence-corrected chi connectivity index (χ3v) is 8.69. The Morgan fingerprint density at radius 3 is 2.41 bits per heavy atom. The van der Waals surface area contributed by atoms with E-state index >= 15 is 0 Å². The summed E-state index contributed by atoms with van der Waals surface area (Å²) in [6.45, 7) is 1.29. The van der Waals surface area contributed by atoms with Crippen molar-refractivity contribution in [1.82, 2.24) is 15.2 Å². The molecular formula is C40H41N3O6. The van der Waals surface area contributed by atoms with Gasteiger partial charge >= 0.3 is 0 Å². The molecule has 9 heteroatoms. The molecule has 4 aromatic carbocycles. The number of aromatic nitrogens is 1. The van der Waals surface area contributed by atoms with Crippen LogP contribution in [0.2, 0.25) is 0 Å². The van der Waals surface area contributed by atoms with Gasteiger partial charge < -0.3 is 35.0 Å². The van der Waals surface area contributed by atoms with Gasteiger partial charge in [-0.15, -0.1) is 0 Å². The van der Waals surface area contributed by atoms with E-state index < -0.39 is 12.4 Å². The zero-order valence-electron chi connectivity index (χ0n) is 27.4. The number of pyridine rings is 1. The van der Waals surface area contributed by atoms with E-state index in [4.69, 9.17) is 9.47 Å². The Balaban J connectivity index is 1.15. The number of nitrogens with one attached hydrogen (secondary N) is 1. The Hall–Kier alpha value is -4.90. The third kappa shape index (κ3) is 8.97. The Labute approximate surface area is 286 Å². The molecule has 4 unspecified atom stereocenters. The molecule has 1 saturated heterocycles. The Morgan fingerprint density at radius 1 is 0.898 bits per heavy atom. The summed E-state index contributed by atoms with van der Waals surface area (Å²) in [6.07, 6.45) is 1.99. The van der Waals surface area contributed by atoms with Crippen LogP contribution in [0.15, 0.2) is 122 Å². The molecule has 0 radical (unpaired) electrons. The summed E-state index contributed by atoms with van der Waals surface area (Å²) in [5, 5.41) is 33.2. The zero-order chi connectivity index (χ0) is 34.2. The van der Waals surface area contributed by atoms with E-state index in [0.29, 0.717) is 37.2 Å². The molecule has 0 aliphatic carbocycles. The van der Waals surface area contributed by atoms with Crippen LogP contribution in [0.1, 0.15) is 63.1 Å². The fourth-order valence-electron chi connectivity index (χ4n) is 6.06. The van der Waals surface area contributed by atoms with Crippen molar-refractivity contribution in [2.45, 2.75) is 44.2 Å². The smallest absolute Gasteiger partial charge is 0.253 e. The number of carbonyl (C=O) groups is 1. The summed E-state index contributed by atoms with van der Waals surface area (Å²) < 4.78 is 13.1. The van der Waals surface area contributed by atoms with Gasteiger partial charge in [0.15, 0.2) is 6.29 Å². The Kier molecular flexibility index (Phi) is 11.1. The summed E-state index contributed by atoms with van der Waals surface area (Å²) >= 11 is 0. The van der Waals surface area contributed by atoms with E-state index in [2.05, 4.69) is 16.4 Å². The normalized spacial score (nSPS) is 18.2.